The van der Waals surface area contributed by atoms with Gasteiger partial charge in [-0.15, -0.1) is 0 Å². The predicted octanol–water partition coefficient (Wildman–Crippen LogP) is 3.18. The van der Waals surface area contributed by atoms with E-state index in [-0.39, 0.29) is 11.9 Å². The Morgan fingerprint density at radius 2 is 1.80 bits per heavy atom. The van der Waals surface area contributed by atoms with E-state index in [9.17, 15) is 4.79 Å². The Kier molecular flexibility index (Phi) is 2.97. The van der Waals surface area contributed by atoms with Crippen molar-refractivity contribution in [3.63, 3.8) is 0 Å². The lowest BCUT2D eigenvalue weighted by molar-refractivity contribution is 0.0793. The number of nitrogens with zero attached hydrogens (tertiary/aromatic N) is 1. The van der Waals surface area contributed by atoms with Crippen LogP contribution in [0.5, 0.6) is 5.75 Å². The summed E-state index contributed by atoms with van der Waals surface area (Å²) in [7, 11) is 3.51. The number of aryl methyl sites for hydroxylation is 1. The van der Waals surface area contributed by atoms with Crippen molar-refractivity contribution in [3.05, 3.63) is 64.7 Å². The van der Waals surface area contributed by atoms with Gasteiger partial charge in [-0.1, -0.05) is 30.3 Å². The van der Waals surface area contributed by atoms with Gasteiger partial charge in [-0.25, -0.2) is 0 Å². The molecule has 1 amide bonds. The van der Waals surface area contributed by atoms with Crippen LogP contribution in [0, 0.1) is 6.92 Å². The molecule has 0 fully saturated rings. The van der Waals surface area contributed by atoms with Gasteiger partial charge in [-0.05, 0) is 35.7 Å². The zero-order valence-corrected chi connectivity index (χ0v) is 11.9. The molecule has 1 heterocycles. The highest BCUT2D eigenvalue weighted by Crippen LogP contribution is 2.38. The number of carbonyl (C=O) groups is 1. The Labute approximate surface area is 118 Å². The van der Waals surface area contributed by atoms with Crippen LogP contribution in [-0.2, 0) is 0 Å². The molecular weight excluding hydrogens is 250 g/mol. The number of carbonyl (C=O) groups excluding carboxylic acids is 1. The normalized spacial score (nSPS) is 17.2. The lowest BCUT2D eigenvalue weighted by Gasteiger charge is -2.21. The first kappa shape index (κ1) is 12.7. The Morgan fingerprint density at radius 3 is 2.45 bits per heavy atom. The smallest absolute Gasteiger partial charge is 0.255 e. The van der Waals surface area contributed by atoms with Crippen LogP contribution in [-0.4, -0.2) is 25.0 Å². The summed E-state index contributed by atoms with van der Waals surface area (Å²) in [5, 5.41) is 0. The quantitative estimate of drug-likeness (QED) is 0.836. The van der Waals surface area contributed by atoms with Gasteiger partial charge in [-0.2, -0.15) is 0 Å². The summed E-state index contributed by atoms with van der Waals surface area (Å²) in [6.07, 6.45) is 0. The predicted molar refractivity (Wildman–Crippen MR) is 78.1 cm³/mol. The van der Waals surface area contributed by atoms with Gasteiger partial charge in [-0.3, -0.25) is 4.79 Å². The van der Waals surface area contributed by atoms with E-state index in [1.54, 1.807) is 12.0 Å². The first-order valence-electron chi connectivity index (χ1n) is 6.64. The molecule has 0 bridgehead atoms. The molecule has 102 valence electrons. The average molecular weight is 267 g/mol. The zero-order chi connectivity index (χ0) is 14.3. The number of amides is 1. The standard InChI is InChI=1S/C17H17NO2/c1-11-5-4-6-14-15(11)17(19)18(2)16(14)12-7-9-13(20-3)10-8-12/h4-10,16H,1-3H3. The highest BCUT2D eigenvalue weighted by atomic mass is 16.5. The van der Waals surface area contributed by atoms with Crippen LogP contribution in [0.3, 0.4) is 0 Å². The molecule has 0 saturated carbocycles. The number of hydrogen-bond donors (Lipinski definition) is 0. The van der Waals surface area contributed by atoms with Crippen molar-refractivity contribution in [1.82, 2.24) is 4.90 Å². The third-order valence-corrected chi connectivity index (χ3v) is 3.95. The van der Waals surface area contributed by atoms with Crippen LogP contribution in [0.2, 0.25) is 0 Å². The number of fused-ring (bicyclic) bond motifs is 1. The molecule has 3 nitrogen and oxygen atoms in total. The Hall–Kier alpha value is -2.29. The highest BCUT2D eigenvalue weighted by molar-refractivity contribution is 6.00. The summed E-state index contributed by atoms with van der Waals surface area (Å²) in [6.45, 7) is 1.99. The van der Waals surface area contributed by atoms with Crippen LogP contribution in [0.25, 0.3) is 0 Å². The van der Waals surface area contributed by atoms with Crippen LogP contribution in [0.4, 0.5) is 0 Å². The molecule has 2 aromatic carbocycles. The minimum Gasteiger partial charge on any atom is -0.497 e. The summed E-state index contributed by atoms with van der Waals surface area (Å²) >= 11 is 0. The first-order valence-corrected chi connectivity index (χ1v) is 6.64. The molecule has 1 atom stereocenters. The molecular formula is C17H17NO2. The molecule has 0 saturated heterocycles. The van der Waals surface area contributed by atoms with Gasteiger partial charge in [0.1, 0.15) is 5.75 Å². The molecule has 2 aromatic rings. The molecule has 0 aromatic heterocycles. The number of hydrogen-bond acceptors (Lipinski definition) is 2. The number of benzene rings is 2. The van der Waals surface area contributed by atoms with Crippen LogP contribution >= 0.6 is 0 Å². The molecule has 3 heteroatoms. The lowest BCUT2D eigenvalue weighted by atomic mass is 9.96. The monoisotopic (exact) mass is 267 g/mol. The number of rotatable bonds is 2. The van der Waals surface area contributed by atoms with Crippen molar-refractivity contribution < 1.29 is 9.53 Å². The van der Waals surface area contributed by atoms with Crippen molar-refractivity contribution in [3.8, 4) is 5.75 Å². The molecule has 1 aliphatic rings. The van der Waals surface area contributed by atoms with Gasteiger partial charge in [0.25, 0.3) is 5.91 Å². The Balaban J connectivity index is 2.10. The number of methoxy groups -OCH3 is 1. The van der Waals surface area contributed by atoms with Gasteiger partial charge in [0.05, 0.1) is 13.2 Å². The third-order valence-electron chi connectivity index (χ3n) is 3.95. The van der Waals surface area contributed by atoms with Crippen molar-refractivity contribution in [2.45, 2.75) is 13.0 Å². The molecule has 1 unspecified atom stereocenters. The zero-order valence-electron chi connectivity index (χ0n) is 11.9. The highest BCUT2D eigenvalue weighted by Gasteiger charge is 2.35. The summed E-state index contributed by atoms with van der Waals surface area (Å²) in [6, 6.07) is 13.9. The Bertz CT molecular complexity index is 661. The van der Waals surface area contributed by atoms with E-state index in [0.29, 0.717) is 0 Å². The molecule has 20 heavy (non-hydrogen) atoms. The fraction of sp³-hybridized carbons (Fsp3) is 0.235. The largest absolute Gasteiger partial charge is 0.497 e. The first-order chi connectivity index (χ1) is 9.63. The lowest BCUT2D eigenvalue weighted by Crippen LogP contribution is -2.23. The van der Waals surface area contributed by atoms with E-state index in [1.165, 1.54) is 0 Å². The van der Waals surface area contributed by atoms with Crippen molar-refractivity contribution in [1.29, 1.82) is 0 Å². The van der Waals surface area contributed by atoms with Crippen molar-refractivity contribution in [2.75, 3.05) is 14.2 Å². The SMILES string of the molecule is COc1ccc(C2c3cccc(C)c3C(=O)N2C)cc1. The van der Waals surface area contributed by atoms with Crippen LogP contribution < -0.4 is 4.74 Å². The van der Waals surface area contributed by atoms with Crippen LogP contribution in [0.15, 0.2) is 42.5 Å². The van der Waals surface area contributed by atoms with Gasteiger partial charge in [0.15, 0.2) is 0 Å². The fourth-order valence-corrected chi connectivity index (χ4v) is 2.90. The molecule has 0 spiro atoms. The maximum absolute atomic E-state index is 12.4. The molecule has 3 rings (SSSR count). The number of ether oxygens (including phenoxy) is 1. The van der Waals surface area contributed by atoms with Gasteiger partial charge < -0.3 is 9.64 Å². The van der Waals surface area contributed by atoms with E-state index in [1.807, 2.05) is 56.4 Å². The van der Waals surface area contributed by atoms with E-state index in [2.05, 4.69) is 0 Å². The minimum absolute atomic E-state index is 0.0108. The molecule has 1 aliphatic heterocycles. The van der Waals surface area contributed by atoms with Gasteiger partial charge in [0, 0.05) is 12.6 Å². The van der Waals surface area contributed by atoms with Gasteiger partial charge >= 0.3 is 0 Å². The van der Waals surface area contributed by atoms with Gasteiger partial charge in [0.2, 0.25) is 0 Å². The van der Waals surface area contributed by atoms with E-state index >= 15 is 0 Å². The summed E-state index contributed by atoms with van der Waals surface area (Å²) in [5.74, 6) is 0.920. The maximum atomic E-state index is 12.4. The second-order valence-electron chi connectivity index (χ2n) is 5.13. The molecule has 0 aliphatic carbocycles. The van der Waals surface area contributed by atoms with Crippen molar-refractivity contribution >= 4 is 5.91 Å². The fourth-order valence-electron chi connectivity index (χ4n) is 2.90. The molecule has 0 radical (unpaired) electrons. The van der Waals surface area contributed by atoms with Crippen LogP contribution in [0.1, 0.15) is 33.1 Å². The van der Waals surface area contributed by atoms with E-state index < -0.39 is 0 Å². The van der Waals surface area contributed by atoms with E-state index in [0.717, 1.165) is 28.0 Å². The topological polar surface area (TPSA) is 29.5 Å². The van der Waals surface area contributed by atoms with E-state index in [4.69, 9.17) is 4.74 Å². The maximum Gasteiger partial charge on any atom is 0.255 e. The second kappa shape index (κ2) is 4.67. The second-order valence-corrected chi connectivity index (χ2v) is 5.13. The third kappa shape index (κ3) is 1.78. The summed E-state index contributed by atoms with van der Waals surface area (Å²) < 4.78 is 5.19. The summed E-state index contributed by atoms with van der Waals surface area (Å²) in [4.78, 5) is 14.2. The minimum atomic E-state index is -0.0108. The summed E-state index contributed by atoms with van der Waals surface area (Å²) in [5.41, 5.74) is 4.07. The van der Waals surface area contributed by atoms with Crippen molar-refractivity contribution in [2.24, 2.45) is 0 Å². The molecule has 0 N–H and O–H groups in total. The Morgan fingerprint density at radius 1 is 1.10 bits per heavy atom. The average Bonchev–Trinajstić information content (AvgIpc) is 2.72.